The van der Waals surface area contributed by atoms with E-state index in [9.17, 15) is 4.39 Å². The smallest absolute Gasteiger partial charge is 0.166 e. The topological polar surface area (TPSA) is 89.6 Å². The summed E-state index contributed by atoms with van der Waals surface area (Å²) in [5, 5.41) is 1.99. The highest BCUT2D eigenvalue weighted by atomic mass is 32.1. The first-order chi connectivity index (χ1) is 13.6. The SMILES string of the molecule is NC1=Nc2nc(N)cc(C3CC3)c2C(c2ccc(F)cc2)=NC1c1cccs1. The van der Waals surface area contributed by atoms with Gasteiger partial charge >= 0.3 is 0 Å². The Morgan fingerprint density at radius 2 is 1.86 bits per heavy atom. The van der Waals surface area contributed by atoms with Crippen LogP contribution in [0.5, 0.6) is 0 Å². The van der Waals surface area contributed by atoms with Gasteiger partial charge in [0.25, 0.3) is 0 Å². The lowest BCUT2D eigenvalue weighted by Crippen LogP contribution is -2.20. The van der Waals surface area contributed by atoms with Gasteiger partial charge in [-0.25, -0.2) is 14.4 Å². The highest BCUT2D eigenvalue weighted by Crippen LogP contribution is 2.45. The third-order valence-electron chi connectivity index (χ3n) is 5.01. The number of amidine groups is 1. The van der Waals surface area contributed by atoms with Crippen LogP contribution in [-0.4, -0.2) is 16.5 Å². The second kappa shape index (κ2) is 6.53. The number of nitrogens with two attached hydrogens (primary N) is 2. The number of aliphatic imine (C=N–C) groups is 2. The Labute approximate surface area is 165 Å². The number of benzene rings is 1. The number of halogens is 1. The zero-order chi connectivity index (χ0) is 19.3. The summed E-state index contributed by atoms with van der Waals surface area (Å²) in [7, 11) is 0. The highest BCUT2D eigenvalue weighted by molar-refractivity contribution is 7.10. The fourth-order valence-electron chi connectivity index (χ4n) is 3.54. The molecule has 0 saturated heterocycles. The largest absolute Gasteiger partial charge is 0.385 e. The summed E-state index contributed by atoms with van der Waals surface area (Å²) in [6.07, 6.45) is 2.19. The van der Waals surface area contributed by atoms with E-state index < -0.39 is 6.04 Å². The van der Waals surface area contributed by atoms with Crippen molar-refractivity contribution < 1.29 is 4.39 Å². The summed E-state index contributed by atoms with van der Waals surface area (Å²) < 4.78 is 13.6. The zero-order valence-corrected chi connectivity index (χ0v) is 15.8. The number of pyridine rings is 1. The summed E-state index contributed by atoms with van der Waals surface area (Å²) >= 11 is 1.57. The van der Waals surface area contributed by atoms with Crippen molar-refractivity contribution in [2.45, 2.75) is 24.8 Å². The third-order valence-corrected chi connectivity index (χ3v) is 5.93. The molecule has 28 heavy (non-hydrogen) atoms. The molecule has 3 heterocycles. The average molecular weight is 391 g/mol. The van der Waals surface area contributed by atoms with E-state index in [1.807, 2.05) is 23.6 Å². The number of thiophene rings is 1. The second-order valence-electron chi connectivity index (χ2n) is 7.05. The molecule has 2 aliphatic rings. The molecule has 1 aromatic carbocycles. The van der Waals surface area contributed by atoms with Crippen LogP contribution in [0.1, 0.15) is 46.4 Å². The van der Waals surface area contributed by atoms with Gasteiger partial charge in [0, 0.05) is 16.0 Å². The molecule has 2 aromatic heterocycles. The third kappa shape index (κ3) is 2.97. The van der Waals surface area contributed by atoms with E-state index in [1.54, 1.807) is 23.5 Å². The normalized spacial score (nSPS) is 18.8. The Kier molecular flexibility index (Phi) is 3.98. The number of nitrogen functional groups attached to an aromatic ring is 1. The van der Waals surface area contributed by atoms with Crippen molar-refractivity contribution in [3.05, 3.63) is 75.2 Å². The molecule has 140 valence electrons. The Morgan fingerprint density at radius 1 is 1.07 bits per heavy atom. The van der Waals surface area contributed by atoms with Crippen molar-refractivity contribution >= 4 is 34.5 Å². The minimum Gasteiger partial charge on any atom is -0.385 e. The van der Waals surface area contributed by atoms with Crippen molar-refractivity contribution in [3.8, 4) is 0 Å². The maximum atomic E-state index is 13.6. The average Bonchev–Trinajstić information content (AvgIpc) is 3.41. The van der Waals surface area contributed by atoms with Crippen LogP contribution in [0.4, 0.5) is 16.0 Å². The summed E-state index contributed by atoms with van der Waals surface area (Å²) in [5.41, 5.74) is 15.9. The van der Waals surface area contributed by atoms with Crippen molar-refractivity contribution in [2.24, 2.45) is 15.7 Å². The molecular formula is C21H18FN5S. The standard InChI is InChI=1S/C21H18FN5S/c22-13-7-5-12(6-8-13)18-17-14(11-3-4-11)10-16(23)25-21(17)27-20(24)19(26-18)15-2-1-9-28-15/h1-2,5-11,19H,3-4H2,(H4,23,24,25,27). The van der Waals surface area contributed by atoms with Crippen LogP contribution in [0.2, 0.25) is 0 Å². The highest BCUT2D eigenvalue weighted by Gasteiger charge is 2.33. The van der Waals surface area contributed by atoms with E-state index in [1.165, 1.54) is 12.1 Å². The number of nitrogens with zero attached hydrogens (tertiary/aromatic N) is 3. The van der Waals surface area contributed by atoms with Crippen LogP contribution in [0.25, 0.3) is 0 Å². The monoisotopic (exact) mass is 391 g/mol. The Morgan fingerprint density at radius 3 is 2.54 bits per heavy atom. The van der Waals surface area contributed by atoms with Gasteiger partial charge in [-0.3, -0.25) is 4.99 Å². The van der Waals surface area contributed by atoms with E-state index in [-0.39, 0.29) is 5.82 Å². The molecule has 0 amide bonds. The van der Waals surface area contributed by atoms with Crippen molar-refractivity contribution in [1.29, 1.82) is 0 Å². The molecule has 0 spiro atoms. The van der Waals surface area contributed by atoms with E-state index in [0.29, 0.717) is 23.4 Å². The molecule has 0 radical (unpaired) electrons. The number of anilines is 1. The first kappa shape index (κ1) is 17.1. The molecule has 4 N–H and O–H groups in total. The summed E-state index contributed by atoms with van der Waals surface area (Å²) in [6, 6.07) is 11.8. The summed E-state index contributed by atoms with van der Waals surface area (Å²) in [6.45, 7) is 0. The quantitative estimate of drug-likeness (QED) is 0.697. The molecule has 1 saturated carbocycles. The van der Waals surface area contributed by atoms with Gasteiger partial charge in [-0.2, -0.15) is 0 Å². The first-order valence-electron chi connectivity index (χ1n) is 9.12. The van der Waals surface area contributed by atoms with Crippen LogP contribution in [-0.2, 0) is 0 Å². The van der Waals surface area contributed by atoms with Crippen molar-refractivity contribution in [2.75, 3.05) is 5.73 Å². The minimum atomic E-state index is -0.414. The van der Waals surface area contributed by atoms with Crippen LogP contribution in [0, 0.1) is 5.82 Å². The maximum Gasteiger partial charge on any atom is 0.166 e. The lowest BCUT2D eigenvalue weighted by atomic mass is 9.95. The van der Waals surface area contributed by atoms with E-state index in [4.69, 9.17) is 16.5 Å². The van der Waals surface area contributed by atoms with Gasteiger partial charge in [0.15, 0.2) is 5.82 Å². The van der Waals surface area contributed by atoms with Gasteiger partial charge in [-0.05, 0) is 66.1 Å². The fraction of sp³-hybridized carbons (Fsp3) is 0.190. The number of rotatable bonds is 3. The fourth-order valence-corrected chi connectivity index (χ4v) is 4.31. The molecule has 0 bridgehead atoms. The lowest BCUT2D eigenvalue weighted by molar-refractivity contribution is 0.628. The van der Waals surface area contributed by atoms with Crippen molar-refractivity contribution in [3.63, 3.8) is 0 Å². The predicted molar refractivity (Wildman–Crippen MR) is 111 cm³/mol. The number of hydrogen-bond acceptors (Lipinski definition) is 6. The van der Waals surface area contributed by atoms with Crippen LogP contribution in [0.3, 0.4) is 0 Å². The Balaban J connectivity index is 1.79. The van der Waals surface area contributed by atoms with Gasteiger partial charge in [-0.15, -0.1) is 11.3 Å². The van der Waals surface area contributed by atoms with Gasteiger partial charge in [0.2, 0.25) is 0 Å². The molecule has 1 atom stereocenters. The van der Waals surface area contributed by atoms with Crippen LogP contribution in [0.15, 0.2) is 57.8 Å². The molecule has 3 aromatic rings. The van der Waals surface area contributed by atoms with Gasteiger partial charge in [0.1, 0.15) is 23.5 Å². The second-order valence-corrected chi connectivity index (χ2v) is 8.03. The molecule has 1 aliphatic carbocycles. The van der Waals surface area contributed by atoms with E-state index >= 15 is 0 Å². The minimum absolute atomic E-state index is 0.290. The molecular weight excluding hydrogens is 373 g/mol. The van der Waals surface area contributed by atoms with Gasteiger partial charge in [0.05, 0.1) is 5.71 Å². The van der Waals surface area contributed by atoms with Gasteiger partial charge < -0.3 is 11.5 Å². The summed E-state index contributed by atoms with van der Waals surface area (Å²) in [5.74, 6) is 1.41. The number of aromatic nitrogens is 1. The summed E-state index contributed by atoms with van der Waals surface area (Å²) in [4.78, 5) is 15.1. The molecule has 7 heteroatoms. The van der Waals surface area contributed by atoms with Crippen LogP contribution < -0.4 is 11.5 Å². The Hall–Kier alpha value is -3.06. The Bertz CT molecular complexity index is 1100. The maximum absolute atomic E-state index is 13.6. The molecule has 1 unspecified atom stereocenters. The molecule has 1 aliphatic heterocycles. The molecule has 1 fully saturated rings. The number of fused-ring (bicyclic) bond motifs is 1. The molecule has 5 nitrogen and oxygen atoms in total. The number of hydrogen-bond donors (Lipinski definition) is 2. The molecule has 5 rings (SSSR count). The zero-order valence-electron chi connectivity index (χ0n) is 15.0. The predicted octanol–water partition coefficient (Wildman–Crippen LogP) is 4.32. The first-order valence-corrected chi connectivity index (χ1v) is 10.00. The van der Waals surface area contributed by atoms with Gasteiger partial charge in [-0.1, -0.05) is 6.07 Å². The van der Waals surface area contributed by atoms with E-state index in [0.717, 1.165) is 40.1 Å². The van der Waals surface area contributed by atoms with Crippen molar-refractivity contribution in [1.82, 2.24) is 4.98 Å². The lowest BCUT2D eigenvalue weighted by Gasteiger charge is -2.15. The van der Waals surface area contributed by atoms with E-state index in [2.05, 4.69) is 9.98 Å². The van der Waals surface area contributed by atoms with Crippen LogP contribution >= 0.6 is 11.3 Å².